The van der Waals surface area contributed by atoms with Crippen LogP contribution in [-0.2, 0) is 6.54 Å². The van der Waals surface area contributed by atoms with Crippen LogP contribution in [0.3, 0.4) is 0 Å². The van der Waals surface area contributed by atoms with E-state index in [1.54, 1.807) is 0 Å². The van der Waals surface area contributed by atoms with Crippen LogP contribution in [0.2, 0.25) is 0 Å². The van der Waals surface area contributed by atoms with E-state index in [0.29, 0.717) is 48.4 Å². The number of aromatic nitrogens is 3. The lowest BCUT2D eigenvalue weighted by Gasteiger charge is -2.34. The monoisotopic (exact) mass is 429 g/mol. The van der Waals surface area contributed by atoms with E-state index in [1.165, 1.54) is 0 Å². The molecular formula is C24H23N5O3. The van der Waals surface area contributed by atoms with Gasteiger partial charge in [0, 0.05) is 37.3 Å². The highest BCUT2D eigenvalue weighted by Crippen LogP contribution is 2.33. The summed E-state index contributed by atoms with van der Waals surface area (Å²) in [5.41, 5.74) is 3.05. The van der Waals surface area contributed by atoms with E-state index in [4.69, 9.17) is 8.94 Å². The molecule has 5 rings (SSSR count). The van der Waals surface area contributed by atoms with Crippen molar-refractivity contribution in [3.05, 3.63) is 77.9 Å². The SMILES string of the molecule is Cc1onc(-c2ccccc2)c1-c1nnc(CN2CCN(C(=O)c3ccccc3)CC2)o1. The smallest absolute Gasteiger partial charge is 0.253 e. The van der Waals surface area contributed by atoms with Gasteiger partial charge in [-0.15, -0.1) is 10.2 Å². The molecule has 8 nitrogen and oxygen atoms in total. The zero-order chi connectivity index (χ0) is 21.9. The van der Waals surface area contributed by atoms with E-state index < -0.39 is 0 Å². The topological polar surface area (TPSA) is 88.5 Å². The van der Waals surface area contributed by atoms with Crippen LogP contribution in [-0.4, -0.2) is 57.2 Å². The van der Waals surface area contributed by atoms with Crippen molar-refractivity contribution in [3.8, 4) is 22.7 Å². The van der Waals surface area contributed by atoms with Crippen LogP contribution >= 0.6 is 0 Å². The lowest BCUT2D eigenvalue weighted by atomic mass is 10.1. The highest BCUT2D eigenvalue weighted by atomic mass is 16.5. The summed E-state index contributed by atoms with van der Waals surface area (Å²) >= 11 is 0. The Labute approximate surface area is 185 Å². The third-order valence-electron chi connectivity index (χ3n) is 5.63. The molecule has 3 heterocycles. The molecular weight excluding hydrogens is 406 g/mol. The number of carbonyl (C=O) groups is 1. The van der Waals surface area contributed by atoms with Gasteiger partial charge in [-0.1, -0.05) is 53.7 Å². The summed E-state index contributed by atoms with van der Waals surface area (Å²) in [6.07, 6.45) is 0. The average molecular weight is 429 g/mol. The molecule has 0 N–H and O–H groups in total. The van der Waals surface area contributed by atoms with Crippen molar-refractivity contribution in [2.24, 2.45) is 0 Å². The van der Waals surface area contributed by atoms with E-state index >= 15 is 0 Å². The van der Waals surface area contributed by atoms with Crippen molar-refractivity contribution in [2.45, 2.75) is 13.5 Å². The number of aryl methyl sites for hydroxylation is 1. The van der Waals surface area contributed by atoms with Crippen molar-refractivity contribution in [1.82, 2.24) is 25.2 Å². The molecule has 1 fully saturated rings. The molecule has 162 valence electrons. The number of carbonyl (C=O) groups excluding carboxylic acids is 1. The Bertz CT molecular complexity index is 1190. The Hall–Kier alpha value is -3.78. The Morgan fingerprint density at radius 2 is 1.62 bits per heavy atom. The normalized spacial score (nSPS) is 14.6. The van der Waals surface area contributed by atoms with Gasteiger partial charge < -0.3 is 13.8 Å². The first-order valence-corrected chi connectivity index (χ1v) is 10.6. The maximum atomic E-state index is 12.6. The third kappa shape index (κ3) is 4.04. The summed E-state index contributed by atoms with van der Waals surface area (Å²) in [7, 11) is 0. The van der Waals surface area contributed by atoms with Crippen LogP contribution in [0.5, 0.6) is 0 Å². The van der Waals surface area contributed by atoms with Gasteiger partial charge in [-0.2, -0.15) is 0 Å². The van der Waals surface area contributed by atoms with Crippen LogP contribution in [0.4, 0.5) is 0 Å². The first-order valence-electron chi connectivity index (χ1n) is 10.6. The van der Waals surface area contributed by atoms with E-state index in [1.807, 2.05) is 72.5 Å². The van der Waals surface area contributed by atoms with Gasteiger partial charge in [0.2, 0.25) is 5.89 Å². The maximum absolute atomic E-state index is 12.6. The molecule has 0 unspecified atom stereocenters. The van der Waals surface area contributed by atoms with Gasteiger partial charge in [0.25, 0.3) is 11.8 Å². The summed E-state index contributed by atoms with van der Waals surface area (Å²) in [6, 6.07) is 19.2. The number of nitrogens with zero attached hydrogens (tertiary/aromatic N) is 5. The number of hydrogen-bond acceptors (Lipinski definition) is 7. The quantitative estimate of drug-likeness (QED) is 0.478. The van der Waals surface area contributed by atoms with Crippen LogP contribution in [0, 0.1) is 6.92 Å². The maximum Gasteiger partial charge on any atom is 0.253 e. The second kappa shape index (κ2) is 8.76. The standard InChI is InChI=1S/C24H23N5O3/c1-17-21(22(27-32-17)18-8-4-2-5-9-18)23-26-25-20(31-23)16-28-12-14-29(15-13-28)24(30)19-10-6-3-7-11-19/h2-11H,12-16H2,1H3. The van der Waals surface area contributed by atoms with E-state index in [9.17, 15) is 4.79 Å². The zero-order valence-corrected chi connectivity index (χ0v) is 17.8. The van der Waals surface area contributed by atoms with E-state index in [-0.39, 0.29) is 5.91 Å². The minimum absolute atomic E-state index is 0.0710. The Balaban J connectivity index is 1.25. The summed E-state index contributed by atoms with van der Waals surface area (Å²) in [6.45, 7) is 5.19. The third-order valence-corrected chi connectivity index (χ3v) is 5.63. The minimum Gasteiger partial charge on any atom is -0.419 e. The van der Waals surface area contributed by atoms with Gasteiger partial charge in [-0.3, -0.25) is 9.69 Å². The van der Waals surface area contributed by atoms with Crippen LogP contribution in [0.15, 0.2) is 69.6 Å². The largest absolute Gasteiger partial charge is 0.419 e. The summed E-state index contributed by atoms with van der Waals surface area (Å²) < 4.78 is 11.4. The van der Waals surface area contributed by atoms with Crippen molar-refractivity contribution in [1.29, 1.82) is 0 Å². The van der Waals surface area contributed by atoms with Crippen LogP contribution in [0.1, 0.15) is 22.0 Å². The van der Waals surface area contributed by atoms with Gasteiger partial charge in [-0.05, 0) is 19.1 Å². The minimum atomic E-state index is 0.0710. The van der Waals surface area contributed by atoms with Crippen LogP contribution < -0.4 is 0 Å². The van der Waals surface area contributed by atoms with Gasteiger partial charge >= 0.3 is 0 Å². The van der Waals surface area contributed by atoms with Crippen molar-refractivity contribution in [3.63, 3.8) is 0 Å². The first kappa shape index (κ1) is 20.1. The predicted molar refractivity (Wildman–Crippen MR) is 118 cm³/mol. The molecule has 0 spiro atoms. The lowest BCUT2D eigenvalue weighted by molar-refractivity contribution is 0.0618. The van der Waals surface area contributed by atoms with E-state index in [2.05, 4.69) is 20.3 Å². The molecule has 4 aromatic rings. The fraction of sp³-hybridized carbons (Fsp3) is 0.250. The summed E-state index contributed by atoms with van der Waals surface area (Å²) in [5, 5.41) is 12.7. The van der Waals surface area contributed by atoms with Crippen molar-refractivity contribution < 1.29 is 13.7 Å². The fourth-order valence-electron chi connectivity index (χ4n) is 3.90. The number of benzene rings is 2. The van der Waals surface area contributed by atoms with Gasteiger partial charge in [-0.25, -0.2) is 0 Å². The molecule has 1 aliphatic rings. The first-order chi connectivity index (χ1) is 15.7. The number of hydrogen-bond donors (Lipinski definition) is 0. The molecule has 2 aromatic carbocycles. The number of amides is 1. The number of piperazine rings is 1. The molecule has 0 atom stereocenters. The van der Waals surface area contributed by atoms with Crippen LogP contribution in [0.25, 0.3) is 22.7 Å². The predicted octanol–water partition coefficient (Wildman–Crippen LogP) is 3.66. The molecule has 8 heteroatoms. The zero-order valence-electron chi connectivity index (χ0n) is 17.8. The van der Waals surface area contributed by atoms with Crippen molar-refractivity contribution in [2.75, 3.05) is 26.2 Å². The van der Waals surface area contributed by atoms with Gasteiger partial charge in [0.1, 0.15) is 17.0 Å². The molecule has 1 saturated heterocycles. The Morgan fingerprint density at radius 3 is 2.34 bits per heavy atom. The highest BCUT2D eigenvalue weighted by Gasteiger charge is 2.25. The average Bonchev–Trinajstić information content (AvgIpc) is 3.46. The molecule has 32 heavy (non-hydrogen) atoms. The van der Waals surface area contributed by atoms with Gasteiger partial charge in [0.15, 0.2) is 0 Å². The van der Waals surface area contributed by atoms with Gasteiger partial charge in [0.05, 0.1) is 6.54 Å². The molecule has 0 saturated carbocycles. The molecule has 0 aliphatic carbocycles. The highest BCUT2D eigenvalue weighted by molar-refractivity contribution is 5.94. The Kier molecular flexibility index (Phi) is 5.51. The molecule has 2 aromatic heterocycles. The molecule has 0 radical (unpaired) electrons. The van der Waals surface area contributed by atoms with E-state index in [0.717, 1.165) is 24.2 Å². The Morgan fingerprint density at radius 1 is 0.938 bits per heavy atom. The second-order valence-electron chi connectivity index (χ2n) is 7.76. The second-order valence-corrected chi connectivity index (χ2v) is 7.76. The number of rotatable bonds is 5. The van der Waals surface area contributed by atoms with Crippen molar-refractivity contribution >= 4 is 5.91 Å². The summed E-state index contributed by atoms with van der Waals surface area (Å²) in [4.78, 5) is 16.7. The molecule has 1 amide bonds. The summed E-state index contributed by atoms with van der Waals surface area (Å²) in [5.74, 6) is 1.63. The molecule has 1 aliphatic heterocycles. The lowest BCUT2D eigenvalue weighted by Crippen LogP contribution is -2.48. The molecule has 0 bridgehead atoms. The fourth-order valence-corrected chi connectivity index (χ4v) is 3.90.